The van der Waals surface area contributed by atoms with Crippen molar-refractivity contribution in [2.75, 3.05) is 13.7 Å². The van der Waals surface area contributed by atoms with Crippen LogP contribution in [0.1, 0.15) is 12.8 Å². The van der Waals surface area contributed by atoms with Crippen LogP contribution in [-0.4, -0.2) is 48.5 Å². The van der Waals surface area contributed by atoms with Gasteiger partial charge in [0.25, 0.3) is 0 Å². The molecule has 1 aromatic heterocycles. The Balaban J connectivity index is 2.38. The van der Waals surface area contributed by atoms with E-state index in [1.54, 1.807) is 0 Å². The van der Waals surface area contributed by atoms with Crippen LogP contribution in [-0.2, 0) is 14.8 Å². The van der Waals surface area contributed by atoms with E-state index in [1.165, 1.54) is 25.6 Å². The van der Waals surface area contributed by atoms with Gasteiger partial charge in [0.05, 0.1) is 13.3 Å². The molecule has 2 heterocycles. The van der Waals surface area contributed by atoms with E-state index in [9.17, 15) is 13.2 Å². The number of hydrogen-bond donors (Lipinski definition) is 1. The minimum Gasteiger partial charge on any atom is -0.495 e. The van der Waals surface area contributed by atoms with Crippen LogP contribution >= 0.6 is 0 Å². The minimum atomic E-state index is -3.86. The van der Waals surface area contributed by atoms with Crippen LogP contribution in [0, 0.1) is 0 Å². The number of hydrogen-bond acceptors (Lipinski definition) is 5. The van der Waals surface area contributed by atoms with Crippen LogP contribution in [0.15, 0.2) is 23.4 Å². The van der Waals surface area contributed by atoms with Crippen LogP contribution in [0.4, 0.5) is 0 Å². The van der Waals surface area contributed by atoms with Gasteiger partial charge in [0.15, 0.2) is 0 Å². The lowest BCUT2D eigenvalue weighted by Gasteiger charge is -2.20. The highest BCUT2D eigenvalue weighted by atomic mass is 32.2. The molecule has 0 radical (unpaired) electrons. The summed E-state index contributed by atoms with van der Waals surface area (Å²) in [5.74, 6) is -0.816. The first-order chi connectivity index (χ1) is 8.96. The second kappa shape index (κ2) is 5.14. The number of carboxylic acid groups (broad SMARTS) is 1. The predicted molar refractivity (Wildman–Crippen MR) is 65.3 cm³/mol. The molecule has 0 aliphatic carbocycles. The number of sulfonamides is 1. The quantitative estimate of drug-likeness (QED) is 0.856. The zero-order valence-corrected chi connectivity index (χ0v) is 11.1. The predicted octanol–water partition coefficient (Wildman–Crippen LogP) is 0.328. The smallest absolute Gasteiger partial charge is 0.322 e. The normalized spacial score (nSPS) is 20.4. The number of pyridine rings is 1. The van der Waals surface area contributed by atoms with Crippen molar-refractivity contribution >= 4 is 16.0 Å². The average Bonchev–Trinajstić information content (AvgIpc) is 2.89. The Bertz CT molecular complexity index is 587. The zero-order chi connectivity index (χ0) is 14.0. The van der Waals surface area contributed by atoms with Crippen molar-refractivity contribution in [3.63, 3.8) is 0 Å². The lowest BCUT2D eigenvalue weighted by Crippen LogP contribution is -2.40. The molecule has 1 N–H and O–H groups in total. The summed E-state index contributed by atoms with van der Waals surface area (Å²) in [6.07, 6.45) is 3.44. The molecule has 0 unspecified atom stereocenters. The van der Waals surface area contributed by atoms with Gasteiger partial charge in [0.1, 0.15) is 16.7 Å². The molecule has 1 saturated heterocycles. The number of aromatic nitrogens is 1. The molecule has 1 aromatic rings. The van der Waals surface area contributed by atoms with Crippen molar-refractivity contribution in [2.24, 2.45) is 0 Å². The monoisotopic (exact) mass is 286 g/mol. The van der Waals surface area contributed by atoms with E-state index < -0.39 is 22.0 Å². The molecule has 7 nitrogen and oxygen atoms in total. The third kappa shape index (κ3) is 2.54. The van der Waals surface area contributed by atoms with E-state index >= 15 is 0 Å². The topological polar surface area (TPSA) is 96.8 Å². The Labute approximate surface area is 110 Å². The van der Waals surface area contributed by atoms with Gasteiger partial charge in [-0.05, 0) is 12.8 Å². The number of methoxy groups -OCH3 is 1. The van der Waals surface area contributed by atoms with E-state index in [0.29, 0.717) is 18.6 Å². The third-order valence-electron chi connectivity index (χ3n) is 3.02. The Morgan fingerprint density at radius 2 is 2.26 bits per heavy atom. The highest BCUT2D eigenvalue weighted by molar-refractivity contribution is 7.89. The summed E-state index contributed by atoms with van der Waals surface area (Å²) in [5.41, 5.74) is 0. The first kappa shape index (κ1) is 13.8. The van der Waals surface area contributed by atoms with Crippen molar-refractivity contribution < 1.29 is 23.1 Å². The highest BCUT2D eigenvalue weighted by Crippen LogP contribution is 2.27. The van der Waals surface area contributed by atoms with Crippen LogP contribution < -0.4 is 4.74 Å². The second-order valence-electron chi connectivity index (χ2n) is 4.17. The van der Waals surface area contributed by atoms with E-state index in [1.807, 2.05) is 0 Å². The van der Waals surface area contributed by atoms with Gasteiger partial charge in [0.2, 0.25) is 10.0 Å². The Morgan fingerprint density at radius 1 is 1.53 bits per heavy atom. The Hall–Kier alpha value is -1.67. The van der Waals surface area contributed by atoms with E-state index in [0.717, 1.165) is 4.31 Å². The standard InChI is InChI=1S/C11H14N2O5S/c1-18-8-5-9(7-12-6-8)19(16,17)13-4-2-3-10(13)11(14)15/h5-7,10H,2-4H2,1H3,(H,14,15)/t10-/m0/s1. The molecule has 8 heteroatoms. The second-order valence-corrected chi connectivity index (χ2v) is 6.06. The first-order valence-electron chi connectivity index (χ1n) is 5.70. The number of ether oxygens (including phenoxy) is 1. The molecule has 104 valence electrons. The fourth-order valence-electron chi connectivity index (χ4n) is 2.06. The molecule has 1 aliphatic heterocycles. The maximum absolute atomic E-state index is 12.4. The van der Waals surface area contributed by atoms with Crippen LogP contribution in [0.5, 0.6) is 5.75 Å². The van der Waals surface area contributed by atoms with Gasteiger partial charge in [-0.2, -0.15) is 4.31 Å². The molecule has 0 saturated carbocycles. The molecule has 0 amide bonds. The fraction of sp³-hybridized carbons (Fsp3) is 0.455. The largest absolute Gasteiger partial charge is 0.495 e. The molecule has 19 heavy (non-hydrogen) atoms. The van der Waals surface area contributed by atoms with Gasteiger partial charge in [-0.15, -0.1) is 0 Å². The van der Waals surface area contributed by atoms with Crippen molar-refractivity contribution in [1.82, 2.24) is 9.29 Å². The number of aliphatic carboxylic acids is 1. The SMILES string of the molecule is COc1cncc(S(=O)(=O)N2CCC[C@H]2C(=O)O)c1. The fourth-order valence-corrected chi connectivity index (χ4v) is 3.69. The van der Waals surface area contributed by atoms with Gasteiger partial charge in [0, 0.05) is 18.8 Å². The highest BCUT2D eigenvalue weighted by Gasteiger charge is 2.39. The Kier molecular flexibility index (Phi) is 3.72. The summed E-state index contributed by atoms with van der Waals surface area (Å²) in [4.78, 5) is 14.8. The van der Waals surface area contributed by atoms with Gasteiger partial charge < -0.3 is 9.84 Å². The molecule has 0 aromatic carbocycles. The summed E-state index contributed by atoms with van der Waals surface area (Å²) in [5, 5.41) is 9.05. The van der Waals surface area contributed by atoms with Crippen LogP contribution in [0.2, 0.25) is 0 Å². The van der Waals surface area contributed by atoms with E-state index in [-0.39, 0.29) is 11.4 Å². The van der Waals surface area contributed by atoms with Gasteiger partial charge >= 0.3 is 5.97 Å². The molecule has 0 bridgehead atoms. The number of rotatable bonds is 4. The van der Waals surface area contributed by atoms with Crippen LogP contribution in [0.25, 0.3) is 0 Å². The summed E-state index contributed by atoms with van der Waals surface area (Å²) in [6, 6.07) is 0.329. The summed E-state index contributed by atoms with van der Waals surface area (Å²) in [7, 11) is -2.45. The lowest BCUT2D eigenvalue weighted by atomic mass is 10.2. The van der Waals surface area contributed by atoms with E-state index in [2.05, 4.69) is 4.98 Å². The maximum atomic E-state index is 12.4. The summed E-state index contributed by atoms with van der Waals surface area (Å²) < 4.78 is 30.7. The van der Waals surface area contributed by atoms with Gasteiger partial charge in [-0.1, -0.05) is 0 Å². The third-order valence-corrected chi connectivity index (χ3v) is 4.89. The average molecular weight is 286 g/mol. The maximum Gasteiger partial charge on any atom is 0.322 e. The van der Waals surface area contributed by atoms with Crippen molar-refractivity contribution in [3.05, 3.63) is 18.5 Å². The molecular weight excluding hydrogens is 272 g/mol. The summed E-state index contributed by atoms with van der Waals surface area (Å²) in [6.45, 7) is 0.205. The molecule has 1 atom stereocenters. The number of carboxylic acids is 1. The molecule has 2 rings (SSSR count). The number of nitrogens with zero attached hydrogens (tertiary/aromatic N) is 2. The summed E-state index contributed by atoms with van der Waals surface area (Å²) >= 11 is 0. The molecular formula is C11H14N2O5S. The van der Waals surface area contributed by atoms with Crippen molar-refractivity contribution in [3.8, 4) is 5.75 Å². The van der Waals surface area contributed by atoms with E-state index in [4.69, 9.17) is 9.84 Å². The first-order valence-corrected chi connectivity index (χ1v) is 7.14. The number of carbonyl (C=O) groups is 1. The Morgan fingerprint density at radius 3 is 2.89 bits per heavy atom. The molecule has 1 aliphatic rings. The lowest BCUT2D eigenvalue weighted by molar-refractivity contribution is -0.140. The zero-order valence-electron chi connectivity index (χ0n) is 10.3. The molecule has 0 spiro atoms. The van der Waals surface area contributed by atoms with Gasteiger partial charge in [-0.25, -0.2) is 8.42 Å². The minimum absolute atomic E-state index is 0.0556. The van der Waals surface area contributed by atoms with Crippen molar-refractivity contribution in [2.45, 2.75) is 23.8 Å². The van der Waals surface area contributed by atoms with Crippen LogP contribution in [0.3, 0.4) is 0 Å². The van der Waals surface area contributed by atoms with Crippen molar-refractivity contribution in [1.29, 1.82) is 0 Å². The van der Waals surface area contributed by atoms with Gasteiger partial charge in [-0.3, -0.25) is 9.78 Å². The molecule has 1 fully saturated rings.